The summed E-state index contributed by atoms with van der Waals surface area (Å²) < 4.78 is 39.7. The molecule has 1 atom stereocenters. The summed E-state index contributed by atoms with van der Waals surface area (Å²) in [5, 5.41) is 2.77. The Morgan fingerprint density at radius 3 is 2.40 bits per heavy atom. The van der Waals surface area contributed by atoms with Gasteiger partial charge < -0.3 is 10.2 Å². The Balaban J connectivity index is 2.05. The van der Waals surface area contributed by atoms with E-state index in [0.717, 1.165) is 18.2 Å². The van der Waals surface area contributed by atoms with Crippen molar-refractivity contribution in [1.29, 1.82) is 0 Å². The molecule has 0 radical (unpaired) electrons. The summed E-state index contributed by atoms with van der Waals surface area (Å²) in [6.07, 6.45) is 0. The Morgan fingerprint density at radius 1 is 1.08 bits per heavy atom. The minimum atomic E-state index is -0.983. The van der Waals surface area contributed by atoms with Crippen LogP contribution in [0.25, 0.3) is 0 Å². The van der Waals surface area contributed by atoms with Gasteiger partial charge in [0.1, 0.15) is 5.82 Å². The van der Waals surface area contributed by atoms with Gasteiger partial charge in [0.05, 0.1) is 11.1 Å². The normalized spacial score (nSPS) is 12.0. The molecule has 0 aliphatic heterocycles. The van der Waals surface area contributed by atoms with Crippen molar-refractivity contribution in [2.75, 3.05) is 7.05 Å². The molecule has 0 spiro atoms. The number of carbonyl (C=O) groups excluding carboxylic acids is 1. The number of carbonyl (C=O) groups is 1. The Kier molecular flexibility index (Phi) is 6.19. The number of benzene rings is 2. The second-order valence-corrected chi connectivity index (χ2v) is 6.38. The van der Waals surface area contributed by atoms with Crippen LogP contribution in [0.1, 0.15) is 24.1 Å². The number of amides is 2. The molecule has 25 heavy (non-hydrogen) atoms. The van der Waals surface area contributed by atoms with Crippen molar-refractivity contribution in [3.8, 4) is 0 Å². The fourth-order valence-corrected chi connectivity index (χ4v) is 2.77. The second-order valence-electron chi connectivity index (χ2n) is 5.56. The molecule has 2 rings (SSSR count). The highest BCUT2D eigenvalue weighted by atomic mass is 35.5. The molecule has 1 N–H and O–H groups in total. The lowest BCUT2D eigenvalue weighted by atomic mass is 10.1. The number of rotatable bonds is 4. The lowest BCUT2D eigenvalue weighted by Crippen LogP contribution is -2.38. The van der Waals surface area contributed by atoms with Gasteiger partial charge in [-0.3, -0.25) is 0 Å². The first kappa shape index (κ1) is 19.4. The summed E-state index contributed by atoms with van der Waals surface area (Å²) in [5.41, 5.74) is 0.804. The lowest BCUT2D eigenvalue weighted by Gasteiger charge is -2.22. The molecular weight excluding hydrogens is 376 g/mol. The molecule has 0 aliphatic rings. The number of halogens is 5. The summed E-state index contributed by atoms with van der Waals surface area (Å²) in [4.78, 5) is 13.5. The van der Waals surface area contributed by atoms with Crippen molar-refractivity contribution in [2.24, 2.45) is 0 Å². The fourth-order valence-electron chi connectivity index (χ4n) is 2.23. The van der Waals surface area contributed by atoms with E-state index in [1.165, 1.54) is 24.1 Å². The molecule has 0 saturated heterocycles. The summed E-state index contributed by atoms with van der Waals surface area (Å²) >= 11 is 11.7. The fraction of sp³-hybridized carbons (Fsp3) is 0.235. The van der Waals surface area contributed by atoms with E-state index in [2.05, 4.69) is 5.32 Å². The SMILES string of the molecule is CC(NC(=O)N(C)Cc1ccc(F)c(F)c1)c1cc(F)c(Cl)cc1Cl. The van der Waals surface area contributed by atoms with Crippen LogP contribution in [0.5, 0.6) is 0 Å². The molecule has 3 nitrogen and oxygen atoms in total. The standard InChI is InChI=1S/C17H15Cl2F3N2O/c1-9(11-6-15(21)13(19)7-12(11)18)23-17(25)24(2)8-10-3-4-14(20)16(22)5-10/h3-7,9H,8H2,1-2H3,(H,23,25). The third-order valence-corrected chi connectivity index (χ3v) is 4.21. The smallest absolute Gasteiger partial charge is 0.317 e. The van der Waals surface area contributed by atoms with Crippen LogP contribution in [-0.2, 0) is 6.54 Å². The second kappa shape index (κ2) is 7.97. The van der Waals surface area contributed by atoms with E-state index >= 15 is 0 Å². The predicted molar refractivity (Wildman–Crippen MR) is 91.2 cm³/mol. The van der Waals surface area contributed by atoms with Gasteiger partial charge in [-0.25, -0.2) is 18.0 Å². The quantitative estimate of drug-likeness (QED) is 0.704. The van der Waals surface area contributed by atoms with Gasteiger partial charge >= 0.3 is 6.03 Å². The van der Waals surface area contributed by atoms with Crippen LogP contribution in [0.2, 0.25) is 10.0 Å². The predicted octanol–water partition coefficient (Wildman–Crippen LogP) is 5.31. The van der Waals surface area contributed by atoms with E-state index in [9.17, 15) is 18.0 Å². The number of urea groups is 1. The highest BCUT2D eigenvalue weighted by Gasteiger charge is 2.18. The van der Waals surface area contributed by atoms with E-state index in [1.807, 2.05) is 0 Å². The number of nitrogens with one attached hydrogen (secondary N) is 1. The van der Waals surface area contributed by atoms with Crippen LogP contribution in [0.15, 0.2) is 30.3 Å². The molecule has 0 heterocycles. The van der Waals surface area contributed by atoms with Crippen molar-refractivity contribution in [2.45, 2.75) is 19.5 Å². The average Bonchev–Trinajstić information content (AvgIpc) is 2.54. The minimum Gasteiger partial charge on any atom is -0.331 e. The molecular formula is C17H15Cl2F3N2O. The largest absolute Gasteiger partial charge is 0.331 e. The van der Waals surface area contributed by atoms with E-state index in [-0.39, 0.29) is 16.6 Å². The molecule has 2 aromatic rings. The van der Waals surface area contributed by atoms with Gasteiger partial charge in [0.2, 0.25) is 0 Å². The third kappa shape index (κ3) is 4.80. The van der Waals surface area contributed by atoms with Gasteiger partial charge in [0.15, 0.2) is 11.6 Å². The first-order chi connectivity index (χ1) is 11.7. The number of hydrogen-bond acceptors (Lipinski definition) is 1. The Morgan fingerprint density at radius 2 is 1.76 bits per heavy atom. The Labute approximate surface area is 153 Å². The maximum atomic E-state index is 13.6. The Hall–Kier alpha value is -1.92. The summed E-state index contributed by atoms with van der Waals surface area (Å²) in [6.45, 7) is 1.70. The van der Waals surface area contributed by atoms with Crippen LogP contribution in [-0.4, -0.2) is 18.0 Å². The Bertz CT molecular complexity index is 802. The van der Waals surface area contributed by atoms with Crippen molar-refractivity contribution in [1.82, 2.24) is 10.2 Å². The summed E-state index contributed by atoms with van der Waals surface area (Å²) in [7, 11) is 1.49. The van der Waals surface area contributed by atoms with Gasteiger partial charge in [-0.1, -0.05) is 29.3 Å². The molecule has 0 fully saturated rings. The average molecular weight is 391 g/mol. The summed E-state index contributed by atoms with van der Waals surface area (Å²) in [5.74, 6) is -2.58. The topological polar surface area (TPSA) is 32.3 Å². The maximum absolute atomic E-state index is 13.6. The third-order valence-electron chi connectivity index (χ3n) is 3.60. The molecule has 0 aliphatic carbocycles. The zero-order valence-corrected chi connectivity index (χ0v) is 14.9. The maximum Gasteiger partial charge on any atom is 0.317 e. The van der Waals surface area contributed by atoms with Crippen LogP contribution in [0.3, 0.4) is 0 Å². The van der Waals surface area contributed by atoms with Crippen molar-refractivity contribution in [3.05, 3.63) is 69.0 Å². The van der Waals surface area contributed by atoms with Crippen LogP contribution >= 0.6 is 23.2 Å². The van der Waals surface area contributed by atoms with Gasteiger partial charge in [0.25, 0.3) is 0 Å². The van der Waals surface area contributed by atoms with Crippen LogP contribution in [0, 0.1) is 17.5 Å². The molecule has 2 amide bonds. The molecule has 1 unspecified atom stereocenters. The van der Waals surface area contributed by atoms with Gasteiger partial charge in [0, 0.05) is 18.6 Å². The molecule has 0 saturated carbocycles. The van der Waals surface area contributed by atoms with Crippen LogP contribution in [0.4, 0.5) is 18.0 Å². The van der Waals surface area contributed by atoms with Crippen LogP contribution < -0.4 is 5.32 Å². The summed E-state index contributed by atoms with van der Waals surface area (Å²) in [6, 6.07) is 4.76. The van der Waals surface area contributed by atoms with E-state index in [1.54, 1.807) is 6.92 Å². The van der Waals surface area contributed by atoms with E-state index < -0.39 is 29.5 Å². The minimum absolute atomic E-state index is 0.0679. The number of hydrogen-bond donors (Lipinski definition) is 1. The van der Waals surface area contributed by atoms with Crippen molar-refractivity contribution in [3.63, 3.8) is 0 Å². The van der Waals surface area contributed by atoms with Gasteiger partial charge in [-0.2, -0.15) is 0 Å². The van der Waals surface area contributed by atoms with Gasteiger partial charge in [-0.15, -0.1) is 0 Å². The first-order valence-electron chi connectivity index (χ1n) is 7.29. The van der Waals surface area contributed by atoms with Crippen molar-refractivity contribution < 1.29 is 18.0 Å². The molecule has 8 heteroatoms. The van der Waals surface area contributed by atoms with Gasteiger partial charge in [-0.05, 0) is 42.3 Å². The molecule has 0 aromatic heterocycles. The highest BCUT2D eigenvalue weighted by molar-refractivity contribution is 6.35. The van der Waals surface area contributed by atoms with E-state index in [0.29, 0.717) is 11.1 Å². The molecule has 2 aromatic carbocycles. The zero-order valence-electron chi connectivity index (χ0n) is 13.4. The monoisotopic (exact) mass is 390 g/mol. The zero-order chi connectivity index (χ0) is 18.7. The lowest BCUT2D eigenvalue weighted by molar-refractivity contribution is 0.203. The number of nitrogens with zero attached hydrogens (tertiary/aromatic N) is 1. The molecule has 0 bridgehead atoms. The first-order valence-corrected chi connectivity index (χ1v) is 8.04. The highest BCUT2D eigenvalue weighted by Crippen LogP contribution is 2.28. The van der Waals surface area contributed by atoms with Crippen molar-refractivity contribution >= 4 is 29.2 Å². The van der Waals surface area contributed by atoms with E-state index in [4.69, 9.17) is 23.2 Å². The molecule has 134 valence electrons.